The van der Waals surface area contributed by atoms with Crippen molar-refractivity contribution in [3.8, 4) is 0 Å². The zero-order valence-electron chi connectivity index (χ0n) is 15.1. The summed E-state index contributed by atoms with van der Waals surface area (Å²) in [6.45, 7) is 20.5. The van der Waals surface area contributed by atoms with Crippen molar-refractivity contribution in [2.24, 2.45) is 0 Å². The van der Waals surface area contributed by atoms with Gasteiger partial charge in [0, 0.05) is 12.8 Å². The topological polar surface area (TPSA) is 46.5 Å². The van der Waals surface area contributed by atoms with E-state index in [0.717, 1.165) is 0 Å². The van der Waals surface area contributed by atoms with Crippen LogP contribution in [0.2, 0.25) is 16.6 Å². The summed E-state index contributed by atoms with van der Waals surface area (Å²) in [5, 5.41) is 10.3. The van der Waals surface area contributed by atoms with Crippen LogP contribution in [0.15, 0.2) is 12.3 Å². The van der Waals surface area contributed by atoms with E-state index in [1.807, 2.05) is 0 Å². The molecule has 0 amide bonds. The second-order valence-corrected chi connectivity index (χ2v) is 12.9. The van der Waals surface area contributed by atoms with E-state index in [9.17, 15) is 9.90 Å². The maximum Gasteiger partial charge on any atom is 0.258 e. The van der Waals surface area contributed by atoms with E-state index in [1.54, 1.807) is 6.92 Å². The Balaban J connectivity index is 5.12. The molecule has 21 heavy (non-hydrogen) atoms. The molecule has 0 aromatic rings. The Morgan fingerprint density at radius 2 is 1.48 bits per heavy atom. The molecular formula is C17H34O3Si. The van der Waals surface area contributed by atoms with Crippen LogP contribution in [0.3, 0.4) is 0 Å². The maximum atomic E-state index is 11.2. The fourth-order valence-electron chi connectivity index (χ4n) is 3.66. The highest BCUT2D eigenvalue weighted by molar-refractivity contribution is 6.77. The standard InChI is InChI=1S/C17H34O3Si/c1-12(2)21(13(3)4,14(5)6)20-16(8)11-17(9,19)10-15(7)18/h12-14,19H,8,10-11H2,1-7,9H3/t17-/m0/s1. The summed E-state index contributed by atoms with van der Waals surface area (Å²) in [6, 6.07) is 0. The van der Waals surface area contributed by atoms with Crippen molar-refractivity contribution in [2.75, 3.05) is 0 Å². The average molecular weight is 315 g/mol. The lowest BCUT2D eigenvalue weighted by atomic mass is 9.95. The van der Waals surface area contributed by atoms with Crippen molar-refractivity contribution < 1.29 is 14.3 Å². The number of carbonyl (C=O) groups excluding carboxylic acids is 1. The van der Waals surface area contributed by atoms with Gasteiger partial charge in [0.25, 0.3) is 8.32 Å². The zero-order valence-corrected chi connectivity index (χ0v) is 16.1. The lowest BCUT2D eigenvalue weighted by Gasteiger charge is -2.43. The Hall–Kier alpha value is -0.613. The normalized spacial score (nSPS) is 15.4. The fraction of sp³-hybridized carbons (Fsp3) is 0.824. The number of hydrogen-bond acceptors (Lipinski definition) is 3. The van der Waals surface area contributed by atoms with Crippen LogP contribution in [-0.2, 0) is 9.22 Å². The molecule has 1 N–H and O–H groups in total. The quantitative estimate of drug-likeness (QED) is 0.490. The summed E-state index contributed by atoms with van der Waals surface area (Å²) in [7, 11) is -2.03. The SMILES string of the molecule is C=C(C[C@@](C)(O)CC(C)=O)O[Si](C(C)C)(C(C)C)C(C)C. The number of ketones is 1. The second-order valence-electron chi connectivity index (χ2n) is 7.51. The molecule has 1 atom stereocenters. The van der Waals surface area contributed by atoms with E-state index in [-0.39, 0.29) is 12.2 Å². The summed E-state index contributed by atoms with van der Waals surface area (Å²) in [4.78, 5) is 11.2. The van der Waals surface area contributed by atoms with Gasteiger partial charge in [0.2, 0.25) is 0 Å². The van der Waals surface area contributed by atoms with Gasteiger partial charge >= 0.3 is 0 Å². The lowest BCUT2D eigenvalue weighted by Crippen LogP contribution is -2.48. The van der Waals surface area contributed by atoms with E-state index < -0.39 is 13.9 Å². The van der Waals surface area contributed by atoms with Crippen LogP contribution in [0.1, 0.15) is 68.2 Å². The first-order chi connectivity index (χ1) is 9.35. The van der Waals surface area contributed by atoms with Gasteiger partial charge in [-0.05, 0) is 30.5 Å². The minimum Gasteiger partial charge on any atom is -0.546 e. The molecule has 0 aromatic heterocycles. The van der Waals surface area contributed by atoms with Crippen LogP contribution in [0, 0.1) is 0 Å². The molecule has 0 unspecified atom stereocenters. The van der Waals surface area contributed by atoms with E-state index in [4.69, 9.17) is 4.43 Å². The first kappa shape index (κ1) is 20.4. The minimum atomic E-state index is -2.03. The molecule has 0 heterocycles. The van der Waals surface area contributed by atoms with Crippen LogP contribution >= 0.6 is 0 Å². The maximum absolute atomic E-state index is 11.2. The number of hydrogen-bond donors (Lipinski definition) is 1. The van der Waals surface area contributed by atoms with Crippen LogP contribution in [-0.4, -0.2) is 24.8 Å². The predicted molar refractivity (Wildman–Crippen MR) is 91.8 cm³/mol. The smallest absolute Gasteiger partial charge is 0.258 e. The Morgan fingerprint density at radius 1 is 1.10 bits per heavy atom. The molecule has 0 aliphatic carbocycles. The number of carbonyl (C=O) groups is 1. The van der Waals surface area contributed by atoms with Crippen LogP contribution < -0.4 is 0 Å². The molecule has 0 saturated heterocycles. The van der Waals surface area contributed by atoms with Crippen molar-refractivity contribution in [3.05, 3.63) is 12.3 Å². The molecule has 0 aliphatic heterocycles. The van der Waals surface area contributed by atoms with Gasteiger partial charge in [0.1, 0.15) is 5.78 Å². The van der Waals surface area contributed by atoms with E-state index in [1.165, 1.54) is 6.92 Å². The summed E-state index contributed by atoms with van der Waals surface area (Å²) in [5.41, 5.74) is 0.319. The van der Waals surface area contributed by atoms with Gasteiger partial charge in [-0.1, -0.05) is 48.1 Å². The van der Waals surface area contributed by atoms with Crippen molar-refractivity contribution in [2.45, 2.75) is 90.5 Å². The molecule has 0 spiro atoms. The molecule has 124 valence electrons. The number of rotatable bonds is 9. The summed E-state index contributed by atoms with van der Waals surface area (Å²) in [6.07, 6.45) is 0.447. The molecule has 0 rings (SSSR count). The second kappa shape index (κ2) is 7.59. The van der Waals surface area contributed by atoms with Crippen LogP contribution in [0.25, 0.3) is 0 Å². The van der Waals surface area contributed by atoms with Crippen LogP contribution in [0.4, 0.5) is 0 Å². The van der Waals surface area contributed by atoms with Crippen molar-refractivity contribution >= 4 is 14.1 Å². The lowest BCUT2D eigenvalue weighted by molar-refractivity contribution is -0.121. The summed E-state index contributed by atoms with van der Waals surface area (Å²) in [5.74, 6) is 0.594. The molecule has 0 radical (unpaired) electrons. The first-order valence-electron chi connectivity index (χ1n) is 7.93. The monoisotopic (exact) mass is 314 g/mol. The Bertz CT molecular complexity index is 348. The molecular weight excluding hydrogens is 280 g/mol. The van der Waals surface area contributed by atoms with E-state index in [0.29, 0.717) is 28.8 Å². The molecule has 0 aliphatic rings. The highest BCUT2D eigenvalue weighted by Gasteiger charge is 2.47. The average Bonchev–Trinajstić information content (AvgIpc) is 2.21. The first-order valence-corrected chi connectivity index (χ1v) is 10.1. The van der Waals surface area contributed by atoms with Gasteiger partial charge in [0.05, 0.1) is 11.4 Å². The van der Waals surface area contributed by atoms with Crippen LogP contribution in [0.5, 0.6) is 0 Å². The molecule has 0 fully saturated rings. The highest BCUT2D eigenvalue weighted by Crippen LogP contribution is 2.44. The summed E-state index contributed by atoms with van der Waals surface area (Å²) < 4.78 is 6.41. The largest absolute Gasteiger partial charge is 0.546 e. The van der Waals surface area contributed by atoms with E-state index in [2.05, 4.69) is 48.1 Å². The van der Waals surface area contributed by atoms with Gasteiger partial charge in [-0.3, -0.25) is 4.79 Å². The third-order valence-corrected chi connectivity index (χ3v) is 10.3. The van der Waals surface area contributed by atoms with Gasteiger partial charge < -0.3 is 9.53 Å². The van der Waals surface area contributed by atoms with Gasteiger partial charge in [-0.25, -0.2) is 0 Å². The summed E-state index contributed by atoms with van der Waals surface area (Å²) >= 11 is 0. The number of Topliss-reactive ketones (excluding diaryl/α,β-unsaturated/α-hetero) is 1. The third kappa shape index (κ3) is 5.59. The minimum absolute atomic E-state index is 0.0205. The molecule has 0 aromatic carbocycles. The van der Waals surface area contributed by atoms with Crippen molar-refractivity contribution in [1.82, 2.24) is 0 Å². The van der Waals surface area contributed by atoms with Crippen molar-refractivity contribution in [1.29, 1.82) is 0 Å². The van der Waals surface area contributed by atoms with Gasteiger partial charge in [-0.15, -0.1) is 0 Å². The molecule has 4 heteroatoms. The Morgan fingerprint density at radius 3 is 1.76 bits per heavy atom. The van der Waals surface area contributed by atoms with E-state index >= 15 is 0 Å². The fourth-order valence-corrected chi connectivity index (χ4v) is 8.94. The predicted octanol–water partition coefficient (Wildman–Crippen LogP) is 4.81. The van der Waals surface area contributed by atoms with Crippen molar-refractivity contribution in [3.63, 3.8) is 0 Å². The van der Waals surface area contributed by atoms with Gasteiger partial charge in [-0.2, -0.15) is 0 Å². The number of aliphatic hydroxyl groups is 1. The highest BCUT2D eigenvalue weighted by atomic mass is 28.4. The zero-order chi connectivity index (χ0) is 17.0. The Labute approximate surface area is 131 Å². The molecule has 0 bridgehead atoms. The molecule has 3 nitrogen and oxygen atoms in total. The van der Waals surface area contributed by atoms with Gasteiger partial charge in [0.15, 0.2) is 0 Å². The third-order valence-electron chi connectivity index (χ3n) is 4.24. The molecule has 0 saturated carbocycles. The Kier molecular flexibility index (Phi) is 7.37.